The highest BCUT2D eigenvalue weighted by Crippen LogP contribution is 2.60. The number of nitriles is 1. The van der Waals surface area contributed by atoms with Crippen LogP contribution in [0.1, 0.15) is 63.5 Å². The number of esters is 1. The minimum absolute atomic E-state index is 0.0407. The molecule has 4 fully saturated rings. The van der Waals surface area contributed by atoms with Crippen LogP contribution in [0.4, 0.5) is 0 Å². The first-order valence-corrected chi connectivity index (χ1v) is 10.9. The fourth-order valence-electron chi connectivity index (χ4n) is 6.17. The van der Waals surface area contributed by atoms with E-state index in [9.17, 15) is 14.9 Å². The Labute approximate surface area is 172 Å². The van der Waals surface area contributed by atoms with E-state index in [1.54, 1.807) is 18.2 Å². The van der Waals surface area contributed by atoms with E-state index in [-0.39, 0.29) is 23.8 Å². The van der Waals surface area contributed by atoms with Gasteiger partial charge in [0.2, 0.25) is 5.91 Å². The quantitative estimate of drug-likeness (QED) is 0.741. The van der Waals surface area contributed by atoms with E-state index in [4.69, 9.17) is 4.74 Å². The smallest absolute Gasteiger partial charge is 0.329 e. The zero-order valence-electron chi connectivity index (χ0n) is 17.3. The molecule has 5 nitrogen and oxygen atoms in total. The molecule has 1 amide bonds. The molecule has 0 radical (unpaired) electrons. The van der Waals surface area contributed by atoms with Crippen LogP contribution in [0, 0.1) is 40.4 Å². The van der Waals surface area contributed by atoms with Gasteiger partial charge in [-0.15, -0.1) is 0 Å². The summed E-state index contributed by atoms with van der Waals surface area (Å²) in [5.74, 6) is 1.60. The van der Waals surface area contributed by atoms with Gasteiger partial charge in [0.1, 0.15) is 12.6 Å². The van der Waals surface area contributed by atoms with Crippen molar-refractivity contribution in [3.8, 4) is 6.07 Å². The van der Waals surface area contributed by atoms with E-state index in [1.165, 1.54) is 19.3 Å². The molecule has 0 aliphatic heterocycles. The van der Waals surface area contributed by atoms with Gasteiger partial charge in [-0.1, -0.05) is 32.0 Å². The molecule has 5 rings (SSSR count). The van der Waals surface area contributed by atoms with E-state index >= 15 is 0 Å². The van der Waals surface area contributed by atoms with Crippen molar-refractivity contribution in [2.45, 2.75) is 65.0 Å². The Morgan fingerprint density at radius 3 is 2.28 bits per heavy atom. The number of hydrogen-bond acceptors (Lipinski definition) is 4. The molecule has 29 heavy (non-hydrogen) atoms. The third-order valence-corrected chi connectivity index (χ3v) is 7.23. The van der Waals surface area contributed by atoms with E-state index in [0.29, 0.717) is 28.9 Å². The van der Waals surface area contributed by atoms with Crippen LogP contribution in [0.25, 0.3) is 0 Å². The molecule has 0 spiro atoms. The number of hydrogen-bond donors (Lipinski definition) is 1. The van der Waals surface area contributed by atoms with E-state index in [0.717, 1.165) is 19.3 Å². The lowest BCUT2D eigenvalue weighted by Gasteiger charge is -2.55. The average Bonchev–Trinajstić information content (AvgIpc) is 2.69. The molecule has 0 aromatic heterocycles. The maximum atomic E-state index is 13.3. The van der Waals surface area contributed by atoms with Gasteiger partial charge in [0.15, 0.2) is 0 Å². The van der Waals surface area contributed by atoms with Crippen molar-refractivity contribution in [2.24, 2.45) is 29.1 Å². The minimum atomic E-state index is -0.662. The zero-order valence-corrected chi connectivity index (χ0v) is 17.3. The predicted molar refractivity (Wildman–Crippen MR) is 108 cm³/mol. The molecule has 0 saturated heterocycles. The fourth-order valence-corrected chi connectivity index (χ4v) is 6.17. The molecule has 0 heterocycles. The molecule has 1 atom stereocenters. The summed E-state index contributed by atoms with van der Waals surface area (Å²) in [4.78, 5) is 26.1. The monoisotopic (exact) mass is 394 g/mol. The second-order valence-electron chi connectivity index (χ2n) is 9.77. The Hall–Kier alpha value is -2.35. The van der Waals surface area contributed by atoms with E-state index < -0.39 is 12.0 Å². The van der Waals surface area contributed by atoms with Crippen LogP contribution in [-0.2, 0) is 20.9 Å². The predicted octanol–water partition coefficient (Wildman–Crippen LogP) is 3.96. The van der Waals surface area contributed by atoms with Crippen molar-refractivity contribution < 1.29 is 14.3 Å². The molecule has 154 valence electrons. The van der Waals surface area contributed by atoms with Crippen molar-refractivity contribution in [2.75, 3.05) is 0 Å². The summed E-state index contributed by atoms with van der Waals surface area (Å²) >= 11 is 0. The highest BCUT2D eigenvalue weighted by Gasteiger charge is 2.55. The number of ether oxygens (including phenoxy) is 1. The molecule has 4 aliphatic carbocycles. The fraction of sp³-hybridized carbons (Fsp3) is 0.625. The van der Waals surface area contributed by atoms with Crippen molar-refractivity contribution in [1.82, 2.24) is 5.32 Å². The lowest BCUT2D eigenvalue weighted by Crippen LogP contribution is -2.57. The highest BCUT2D eigenvalue weighted by molar-refractivity contribution is 5.88. The highest BCUT2D eigenvalue weighted by atomic mass is 16.5. The Morgan fingerprint density at radius 2 is 1.72 bits per heavy atom. The van der Waals surface area contributed by atoms with Gasteiger partial charge in [-0.3, -0.25) is 4.79 Å². The first kappa shape index (κ1) is 19.9. The summed E-state index contributed by atoms with van der Waals surface area (Å²) in [6, 6.07) is 8.55. The van der Waals surface area contributed by atoms with Gasteiger partial charge in [-0.05, 0) is 68.3 Å². The Balaban J connectivity index is 1.42. The van der Waals surface area contributed by atoms with Crippen LogP contribution in [-0.4, -0.2) is 17.9 Å². The summed E-state index contributed by atoms with van der Waals surface area (Å²) in [7, 11) is 0. The molecule has 4 bridgehead atoms. The van der Waals surface area contributed by atoms with Gasteiger partial charge in [0.05, 0.1) is 11.6 Å². The Morgan fingerprint density at radius 1 is 1.14 bits per heavy atom. The molecule has 4 saturated carbocycles. The number of carbonyl (C=O) groups is 2. The number of nitrogens with one attached hydrogen (secondary N) is 1. The van der Waals surface area contributed by atoms with Crippen LogP contribution in [0.2, 0.25) is 0 Å². The Kier molecular flexibility index (Phi) is 5.38. The lowest BCUT2D eigenvalue weighted by molar-refractivity contribution is -0.156. The zero-order chi connectivity index (χ0) is 20.6. The molecule has 1 N–H and O–H groups in total. The molecule has 1 aromatic carbocycles. The second-order valence-corrected chi connectivity index (χ2v) is 9.77. The molecule has 1 aromatic rings. The summed E-state index contributed by atoms with van der Waals surface area (Å²) in [6.07, 6.45) is 6.75. The van der Waals surface area contributed by atoms with Crippen LogP contribution in [0.15, 0.2) is 24.3 Å². The first-order chi connectivity index (χ1) is 13.9. The van der Waals surface area contributed by atoms with Gasteiger partial charge in [0.25, 0.3) is 0 Å². The van der Waals surface area contributed by atoms with Crippen LogP contribution < -0.4 is 5.32 Å². The van der Waals surface area contributed by atoms with E-state index in [1.807, 2.05) is 19.9 Å². The van der Waals surface area contributed by atoms with Gasteiger partial charge >= 0.3 is 5.97 Å². The number of nitrogens with zero attached hydrogens (tertiary/aromatic N) is 1. The van der Waals surface area contributed by atoms with Crippen molar-refractivity contribution in [1.29, 1.82) is 5.26 Å². The standard InChI is InChI=1S/C24H30N2O3/c1-15(2)21(22(27)29-14-20-6-4-3-5-19(20)13-25)26-23(28)24-10-16-7-17(11-24)9-18(8-16)12-24/h3-6,15-18,21H,7-12,14H2,1-2H3,(H,26,28)/t16?,17?,18?,21-,24?/m1/s1. The van der Waals surface area contributed by atoms with Gasteiger partial charge < -0.3 is 10.1 Å². The minimum Gasteiger partial charge on any atom is -0.459 e. The van der Waals surface area contributed by atoms with Crippen LogP contribution in [0.5, 0.6) is 0 Å². The molecular weight excluding hydrogens is 364 g/mol. The summed E-state index contributed by atoms with van der Waals surface area (Å²) < 4.78 is 5.51. The summed E-state index contributed by atoms with van der Waals surface area (Å²) in [5.41, 5.74) is 0.896. The number of benzene rings is 1. The third-order valence-electron chi connectivity index (χ3n) is 7.23. The van der Waals surface area contributed by atoms with Gasteiger partial charge in [0, 0.05) is 11.0 Å². The van der Waals surface area contributed by atoms with Crippen molar-refractivity contribution >= 4 is 11.9 Å². The molecular formula is C24H30N2O3. The summed E-state index contributed by atoms with van der Waals surface area (Å²) in [5, 5.41) is 12.3. The molecule has 0 unspecified atom stereocenters. The SMILES string of the molecule is CC(C)[C@@H](NC(=O)C12CC3CC(CC(C3)C1)C2)C(=O)OCc1ccccc1C#N. The number of carbonyl (C=O) groups excluding carboxylic acids is 2. The van der Waals surface area contributed by atoms with Crippen LogP contribution >= 0.6 is 0 Å². The number of amides is 1. The van der Waals surface area contributed by atoms with Gasteiger partial charge in [-0.2, -0.15) is 5.26 Å². The topological polar surface area (TPSA) is 79.2 Å². The van der Waals surface area contributed by atoms with Crippen molar-refractivity contribution in [3.05, 3.63) is 35.4 Å². The maximum Gasteiger partial charge on any atom is 0.329 e. The Bertz CT molecular complexity index is 803. The lowest BCUT2D eigenvalue weighted by atomic mass is 9.49. The normalized spacial score (nSPS) is 30.6. The maximum absolute atomic E-state index is 13.3. The molecule has 5 heteroatoms. The summed E-state index contributed by atoms with van der Waals surface area (Å²) in [6.45, 7) is 3.89. The van der Waals surface area contributed by atoms with Gasteiger partial charge in [-0.25, -0.2) is 4.79 Å². The first-order valence-electron chi connectivity index (χ1n) is 10.9. The van der Waals surface area contributed by atoms with E-state index in [2.05, 4.69) is 11.4 Å². The van der Waals surface area contributed by atoms with Crippen LogP contribution in [0.3, 0.4) is 0 Å². The average molecular weight is 395 g/mol. The second kappa shape index (κ2) is 7.82. The molecule has 4 aliphatic rings. The largest absolute Gasteiger partial charge is 0.459 e. The third kappa shape index (κ3) is 3.90. The number of rotatable bonds is 6. The van der Waals surface area contributed by atoms with Crippen molar-refractivity contribution in [3.63, 3.8) is 0 Å².